The Morgan fingerprint density at radius 1 is 1.35 bits per heavy atom. The molecule has 2 aliphatic heterocycles. The number of likely N-dealkylation sites (tertiary alicyclic amines) is 1. The predicted molar refractivity (Wildman–Crippen MR) is 77.5 cm³/mol. The molecule has 0 saturated carbocycles. The highest BCUT2D eigenvalue weighted by molar-refractivity contribution is 5.45. The molecule has 20 heavy (non-hydrogen) atoms. The summed E-state index contributed by atoms with van der Waals surface area (Å²) < 4.78 is 5.29. The normalized spacial score (nSPS) is 26.0. The summed E-state index contributed by atoms with van der Waals surface area (Å²) in [6.45, 7) is 3.21. The number of nitriles is 1. The van der Waals surface area contributed by atoms with Crippen molar-refractivity contribution in [1.29, 1.82) is 5.26 Å². The van der Waals surface area contributed by atoms with Crippen LogP contribution in [0, 0.1) is 11.3 Å². The lowest BCUT2D eigenvalue weighted by Crippen LogP contribution is -2.34. The van der Waals surface area contributed by atoms with Crippen molar-refractivity contribution in [2.45, 2.75) is 37.9 Å². The van der Waals surface area contributed by atoms with Gasteiger partial charge in [-0.25, -0.2) is 0 Å². The third-order valence-corrected chi connectivity index (χ3v) is 4.40. The molecular weight excluding hydrogens is 250 g/mol. The van der Waals surface area contributed by atoms with Gasteiger partial charge in [-0.15, -0.1) is 0 Å². The molecule has 2 saturated heterocycles. The second-order valence-corrected chi connectivity index (χ2v) is 5.81. The maximum absolute atomic E-state index is 9.02. The minimum absolute atomic E-state index is 0.604. The van der Waals surface area contributed by atoms with E-state index in [4.69, 9.17) is 10.00 Å². The Balaban J connectivity index is 1.70. The summed E-state index contributed by atoms with van der Waals surface area (Å²) in [6, 6.07) is 9.43. The summed E-state index contributed by atoms with van der Waals surface area (Å²) in [6.07, 6.45) is 3.88. The van der Waals surface area contributed by atoms with Gasteiger partial charge in [0.2, 0.25) is 0 Å². The van der Waals surface area contributed by atoms with E-state index in [1.807, 2.05) is 18.2 Å². The van der Waals surface area contributed by atoms with Gasteiger partial charge in [0.05, 0.1) is 12.7 Å². The van der Waals surface area contributed by atoms with Gasteiger partial charge >= 0.3 is 0 Å². The molecule has 3 rings (SSSR count). The average molecular weight is 271 g/mol. The number of ether oxygens (including phenoxy) is 1. The highest BCUT2D eigenvalue weighted by Crippen LogP contribution is 2.24. The summed E-state index contributed by atoms with van der Waals surface area (Å²) in [7, 11) is 1.62. The standard InChI is InChI=1S/C16H21N3O/c1-20-16-8-12(2-3-13(16)9-17)10-19-7-6-14-4-5-15(11-19)18-14/h2-3,8,14-15,18H,4-7,10-11H2,1H3. The number of benzene rings is 1. The molecule has 2 atom stereocenters. The molecule has 1 aromatic rings. The fraction of sp³-hybridized carbons (Fsp3) is 0.562. The van der Waals surface area contributed by atoms with Crippen LogP contribution in [0.4, 0.5) is 0 Å². The van der Waals surface area contributed by atoms with Crippen LogP contribution < -0.4 is 10.1 Å². The number of rotatable bonds is 3. The molecule has 0 amide bonds. The number of nitrogens with zero attached hydrogens (tertiary/aromatic N) is 2. The molecule has 2 aliphatic rings. The average Bonchev–Trinajstić information content (AvgIpc) is 2.81. The Kier molecular flexibility index (Phi) is 3.90. The van der Waals surface area contributed by atoms with Crippen molar-refractivity contribution in [2.75, 3.05) is 20.2 Å². The van der Waals surface area contributed by atoms with Crippen LogP contribution >= 0.6 is 0 Å². The van der Waals surface area contributed by atoms with Crippen LogP contribution in [0.3, 0.4) is 0 Å². The topological polar surface area (TPSA) is 48.3 Å². The molecule has 1 aromatic carbocycles. The summed E-state index contributed by atoms with van der Waals surface area (Å²) in [5.74, 6) is 0.680. The van der Waals surface area contributed by atoms with E-state index in [1.165, 1.54) is 24.8 Å². The van der Waals surface area contributed by atoms with E-state index >= 15 is 0 Å². The number of methoxy groups -OCH3 is 1. The van der Waals surface area contributed by atoms with Gasteiger partial charge in [-0.2, -0.15) is 5.26 Å². The fourth-order valence-corrected chi connectivity index (χ4v) is 3.34. The SMILES string of the molecule is COc1cc(CN2CCC3CCC(C2)N3)ccc1C#N. The maximum Gasteiger partial charge on any atom is 0.136 e. The van der Waals surface area contributed by atoms with Crippen LogP contribution in [0.15, 0.2) is 18.2 Å². The first-order valence-corrected chi connectivity index (χ1v) is 7.34. The highest BCUT2D eigenvalue weighted by Gasteiger charge is 2.29. The molecule has 0 spiro atoms. The third kappa shape index (κ3) is 2.79. The molecule has 106 valence electrons. The van der Waals surface area contributed by atoms with Crippen LogP contribution in [-0.4, -0.2) is 37.2 Å². The van der Waals surface area contributed by atoms with E-state index in [9.17, 15) is 0 Å². The molecule has 0 aliphatic carbocycles. The lowest BCUT2D eigenvalue weighted by Gasteiger charge is -2.24. The van der Waals surface area contributed by atoms with Gasteiger partial charge in [-0.3, -0.25) is 4.90 Å². The lowest BCUT2D eigenvalue weighted by molar-refractivity contribution is 0.250. The lowest BCUT2D eigenvalue weighted by atomic mass is 10.1. The van der Waals surface area contributed by atoms with E-state index in [-0.39, 0.29) is 0 Å². The number of nitrogens with one attached hydrogen (secondary N) is 1. The molecule has 2 bridgehead atoms. The largest absolute Gasteiger partial charge is 0.495 e. The second kappa shape index (κ2) is 5.82. The van der Waals surface area contributed by atoms with Crippen molar-refractivity contribution in [3.05, 3.63) is 29.3 Å². The Labute approximate surface area is 120 Å². The molecule has 2 unspecified atom stereocenters. The summed E-state index contributed by atoms with van der Waals surface area (Å²) in [4.78, 5) is 2.51. The van der Waals surface area contributed by atoms with E-state index < -0.39 is 0 Å². The molecule has 4 nitrogen and oxygen atoms in total. The first-order chi connectivity index (χ1) is 9.78. The predicted octanol–water partition coefficient (Wildman–Crippen LogP) is 1.89. The Morgan fingerprint density at radius 2 is 2.20 bits per heavy atom. The van der Waals surface area contributed by atoms with Gasteiger partial charge in [0, 0.05) is 31.7 Å². The zero-order valence-electron chi connectivity index (χ0n) is 11.9. The fourth-order valence-electron chi connectivity index (χ4n) is 3.34. The molecule has 4 heteroatoms. The van der Waals surface area contributed by atoms with Crippen molar-refractivity contribution in [3.63, 3.8) is 0 Å². The monoisotopic (exact) mass is 271 g/mol. The molecule has 0 aromatic heterocycles. The van der Waals surface area contributed by atoms with E-state index in [1.54, 1.807) is 7.11 Å². The highest BCUT2D eigenvalue weighted by atomic mass is 16.5. The minimum atomic E-state index is 0.604. The maximum atomic E-state index is 9.02. The van der Waals surface area contributed by atoms with Gasteiger partial charge in [0.25, 0.3) is 0 Å². The first kappa shape index (κ1) is 13.4. The van der Waals surface area contributed by atoms with Crippen LogP contribution in [0.1, 0.15) is 30.4 Å². The summed E-state index contributed by atoms with van der Waals surface area (Å²) in [5, 5.41) is 12.7. The minimum Gasteiger partial charge on any atom is -0.495 e. The van der Waals surface area contributed by atoms with Crippen molar-refractivity contribution < 1.29 is 4.74 Å². The van der Waals surface area contributed by atoms with Gasteiger partial charge in [-0.1, -0.05) is 6.07 Å². The van der Waals surface area contributed by atoms with Crippen molar-refractivity contribution in [1.82, 2.24) is 10.2 Å². The van der Waals surface area contributed by atoms with Crippen molar-refractivity contribution in [2.24, 2.45) is 0 Å². The molecule has 2 fully saturated rings. The zero-order chi connectivity index (χ0) is 13.9. The number of fused-ring (bicyclic) bond motifs is 2. The van der Waals surface area contributed by atoms with E-state index in [2.05, 4.69) is 16.3 Å². The molecular formula is C16H21N3O. The van der Waals surface area contributed by atoms with Crippen LogP contribution in [0.25, 0.3) is 0 Å². The summed E-state index contributed by atoms with van der Waals surface area (Å²) in [5.41, 5.74) is 1.83. The van der Waals surface area contributed by atoms with Crippen LogP contribution in [0.5, 0.6) is 5.75 Å². The molecule has 1 N–H and O–H groups in total. The summed E-state index contributed by atoms with van der Waals surface area (Å²) >= 11 is 0. The van der Waals surface area contributed by atoms with Crippen molar-refractivity contribution in [3.8, 4) is 11.8 Å². The van der Waals surface area contributed by atoms with Gasteiger partial charge in [-0.05, 0) is 37.0 Å². The second-order valence-electron chi connectivity index (χ2n) is 5.81. The van der Waals surface area contributed by atoms with E-state index in [0.717, 1.165) is 25.7 Å². The van der Waals surface area contributed by atoms with Gasteiger partial charge < -0.3 is 10.1 Å². The van der Waals surface area contributed by atoms with Gasteiger partial charge in [0.15, 0.2) is 0 Å². The number of hydrogen-bond acceptors (Lipinski definition) is 4. The van der Waals surface area contributed by atoms with Crippen molar-refractivity contribution >= 4 is 0 Å². The van der Waals surface area contributed by atoms with Crippen LogP contribution in [-0.2, 0) is 6.54 Å². The van der Waals surface area contributed by atoms with Gasteiger partial charge in [0.1, 0.15) is 11.8 Å². The molecule has 0 radical (unpaired) electrons. The Bertz CT molecular complexity index is 523. The Morgan fingerprint density at radius 3 is 3.00 bits per heavy atom. The zero-order valence-corrected chi connectivity index (χ0v) is 11.9. The molecule has 2 heterocycles. The number of hydrogen-bond donors (Lipinski definition) is 1. The third-order valence-electron chi connectivity index (χ3n) is 4.40. The van der Waals surface area contributed by atoms with E-state index in [0.29, 0.717) is 17.4 Å². The Hall–Kier alpha value is -1.57. The first-order valence-electron chi connectivity index (χ1n) is 7.34. The smallest absolute Gasteiger partial charge is 0.136 e. The van der Waals surface area contributed by atoms with Crippen LogP contribution in [0.2, 0.25) is 0 Å². The quantitative estimate of drug-likeness (QED) is 0.912.